The van der Waals surface area contributed by atoms with Crippen LogP contribution >= 0.6 is 0 Å². The van der Waals surface area contributed by atoms with Gasteiger partial charge in [0.05, 0.1) is 35.4 Å². The summed E-state index contributed by atoms with van der Waals surface area (Å²) in [6.07, 6.45) is -0.187. The largest absolute Gasteiger partial charge is 0.374 e. The molecule has 0 aromatic heterocycles. The number of nitrogens with one attached hydrogen (secondary N) is 1. The molecule has 1 N–H and O–H groups in total. The first kappa shape index (κ1) is 14.5. The van der Waals surface area contributed by atoms with Crippen molar-refractivity contribution < 1.29 is 13.9 Å². The third kappa shape index (κ3) is 2.66. The summed E-state index contributed by atoms with van der Waals surface area (Å²) in [7, 11) is 0. The lowest BCUT2D eigenvalue weighted by atomic mass is 9.89. The van der Waals surface area contributed by atoms with Crippen molar-refractivity contribution in [2.24, 2.45) is 11.8 Å². The van der Waals surface area contributed by atoms with Gasteiger partial charge in [0.1, 0.15) is 5.82 Å². The summed E-state index contributed by atoms with van der Waals surface area (Å²) in [4.78, 5) is 12.3. The van der Waals surface area contributed by atoms with Crippen LogP contribution in [0.5, 0.6) is 0 Å². The number of hydrogen-bond acceptors (Lipinski definition) is 3. The van der Waals surface area contributed by atoms with Gasteiger partial charge in [0.15, 0.2) is 0 Å². The lowest BCUT2D eigenvalue weighted by Crippen LogP contribution is -2.32. The number of carbonyl (C=O) groups is 1. The van der Waals surface area contributed by atoms with E-state index in [1.807, 2.05) is 26.8 Å². The molecule has 106 valence electrons. The molecule has 4 unspecified atom stereocenters. The highest BCUT2D eigenvalue weighted by Gasteiger charge is 2.41. The maximum atomic E-state index is 13.8. The van der Waals surface area contributed by atoms with Crippen LogP contribution < -0.4 is 5.32 Å². The average molecular weight is 276 g/mol. The summed E-state index contributed by atoms with van der Waals surface area (Å²) >= 11 is 0. The first-order valence-electron chi connectivity index (χ1n) is 6.60. The van der Waals surface area contributed by atoms with Crippen molar-refractivity contribution in [1.29, 1.82) is 5.26 Å². The first-order valence-corrected chi connectivity index (χ1v) is 6.60. The molecular weight excluding hydrogens is 259 g/mol. The lowest BCUT2D eigenvalue weighted by Gasteiger charge is -2.18. The number of benzene rings is 1. The van der Waals surface area contributed by atoms with Gasteiger partial charge in [-0.05, 0) is 38.0 Å². The minimum absolute atomic E-state index is 0.00608. The van der Waals surface area contributed by atoms with E-state index in [-0.39, 0.29) is 41.2 Å². The zero-order chi connectivity index (χ0) is 14.9. The summed E-state index contributed by atoms with van der Waals surface area (Å²) in [5.74, 6) is -1.09. The van der Waals surface area contributed by atoms with Crippen LogP contribution in [0.15, 0.2) is 18.2 Å². The van der Waals surface area contributed by atoms with Gasteiger partial charge >= 0.3 is 0 Å². The van der Waals surface area contributed by atoms with E-state index in [0.717, 1.165) is 6.07 Å². The molecule has 1 saturated heterocycles. The van der Waals surface area contributed by atoms with Crippen molar-refractivity contribution in [2.75, 3.05) is 5.32 Å². The second-order valence-electron chi connectivity index (χ2n) is 5.23. The van der Waals surface area contributed by atoms with Crippen LogP contribution in [0.3, 0.4) is 0 Å². The fourth-order valence-electron chi connectivity index (χ4n) is 2.62. The Morgan fingerprint density at radius 2 is 2.05 bits per heavy atom. The maximum absolute atomic E-state index is 13.8. The minimum Gasteiger partial charge on any atom is -0.374 e. The Bertz CT molecular complexity index is 567. The number of nitrogens with zero attached hydrogens (tertiary/aromatic N) is 1. The van der Waals surface area contributed by atoms with Crippen molar-refractivity contribution in [2.45, 2.75) is 33.0 Å². The number of halogens is 1. The molecule has 0 aliphatic carbocycles. The molecule has 2 rings (SSSR count). The van der Waals surface area contributed by atoms with Crippen molar-refractivity contribution in [1.82, 2.24) is 0 Å². The van der Waals surface area contributed by atoms with Crippen LogP contribution in [-0.4, -0.2) is 18.1 Å². The molecule has 1 aromatic carbocycles. The van der Waals surface area contributed by atoms with E-state index in [4.69, 9.17) is 10.00 Å². The molecule has 1 aliphatic heterocycles. The van der Waals surface area contributed by atoms with Gasteiger partial charge in [0.25, 0.3) is 0 Å². The quantitative estimate of drug-likeness (QED) is 0.903. The molecule has 0 spiro atoms. The van der Waals surface area contributed by atoms with Gasteiger partial charge in [-0.3, -0.25) is 4.79 Å². The molecule has 0 saturated carbocycles. The fraction of sp³-hybridized carbons (Fsp3) is 0.467. The summed E-state index contributed by atoms with van der Waals surface area (Å²) in [5, 5.41) is 11.3. The van der Waals surface area contributed by atoms with Crippen LogP contribution in [0.25, 0.3) is 0 Å². The molecule has 1 aromatic rings. The van der Waals surface area contributed by atoms with Crippen LogP contribution in [0.2, 0.25) is 0 Å². The molecular formula is C15H17FN2O2. The van der Waals surface area contributed by atoms with Gasteiger partial charge in [-0.15, -0.1) is 0 Å². The van der Waals surface area contributed by atoms with Gasteiger partial charge < -0.3 is 10.1 Å². The summed E-state index contributed by atoms with van der Waals surface area (Å²) < 4.78 is 19.4. The molecule has 5 heteroatoms. The molecule has 20 heavy (non-hydrogen) atoms. The number of carbonyl (C=O) groups excluding carboxylic acids is 1. The highest BCUT2D eigenvalue weighted by molar-refractivity contribution is 5.93. The van der Waals surface area contributed by atoms with E-state index in [1.165, 1.54) is 12.1 Å². The van der Waals surface area contributed by atoms with E-state index in [1.54, 1.807) is 0 Å². The number of rotatable bonds is 2. The standard InChI is InChI=1S/C15H17FN2O2/c1-8-9(2)20-10(3)14(8)15(19)18-13-5-4-11(7-17)6-12(13)16/h4-6,8-10,14H,1-3H3,(H,18,19). The zero-order valence-corrected chi connectivity index (χ0v) is 11.7. The highest BCUT2D eigenvalue weighted by atomic mass is 19.1. The van der Waals surface area contributed by atoms with Crippen LogP contribution in [0, 0.1) is 29.0 Å². The Labute approximate surface area is 117 Å². The average Bonchev–Trinajstić information content (AvgIpc) is 2.65. The van der Waals surface area contributed by atoms with Gasteiger partial charge in [-0.25, -0.2) is 4.39 Å². The van der Waals surface area contributed by atoms with E-state index < -0.39 is 5.82 Å². The minimum atomic E-state index is -0.607. The van der Waals surface area contributed by atoms with Crippen molar-refractivity contribution in [3.05, 3.63) is 29.6 Å². The van der Waals surface area contributed by atoms with Gasteiger partial charge in [0.2, 0.25) is 5.91 Å². The normalized spacial score (nSPS) is 28.9. The predicted molar refractivity (Wildman–Crippen MR) is 72.4 cm³/mol. The maximum Gasteiger partial charge on any atom is 0.230 e. The lowest BCUT2D eigenvalue weighted by molar-refractivity contribution is -0.122. The van der Waals surface area contributed by atoms with Crippen LogP contribution in [0.4, 0.5) is 10.1 Å². The monoisotopic (exact) mass is 276 g/mol. The summed E-state index contributed by atoms with van der Waals surface area (Å²) in [6, 6.07) is 5.83. The third-order valence-corrected chi connectivity index (χ3v) is 3.90. The Morgan fingerprint density at radius 1 is 1.35 bits per heavy atom. The molecule has 1 aliphatic rings. The van der Waals surface area contributed by atoms with Crippen LogP contribution in [-0.2, 0) is 9.53 Å². The molecule has 0 bridgehead atoms. The number of amides is 1. The van der Waals surface area contributed by atoms with E-state index >= 15 is 0 Å². The smallest absolute Gasteiger partial charge is 0.230 e. The first-order chi connectivity index (χ1) is 9.43. The number of ether oxygens (including phenoxy) is 1. The molecule has 4 nitrogen and oxygen atoms in total. The number of anilines is 1. The zero-order valence-electron chi connectivity index (χ0n) is 11.7. The SMILES string of the molecule is CC1OC(C)C(C(=O)Nc2ccc(C#N)cc2F)C1C. The predicted octanol–water partition coefficient (Wildman–Crippen LogP) is 2.70. The molecule has 1 heterocycles. The van der Waals surface area contributed by atoms with Gasteiger partial charge in [0, 0.05) is 0 Å². The van der Waals surface area contributed by atoms with E-state index in [9.17, 15) is 9.18 Å². The van der Waals surface area contributed by atoms with Crippen molar-refractivity contribution >= 4 is 11.6 Å². The number of nitriles is 1. The Morgan fingerprint density at radius 3 is 2.55 bits per heavy atom. The molecule has 4 atom stereocenters. The second-order valence-corrected chi connectivity index (χ2v) is 5.23. The number of hydrogen-bond donors (Lipinski definition) is 1. The third-order valence-electron chi connectivity index (χ3n) is 3.90. The Kier molecular flexibility index (Phi) is 4.05. The second kappa shape index (κ2) is 5.59. The Hall–Kier alpha value is -1.93. The topological polar surface area (TPSA) is 62.1 Å². The van der Waals surface area contributed by atoms with Crippen molar-refractivity contribution in [3.63, 3.8) is 0 Å². The fourth-order valence-corrected chi connectivity index (χ4v) is 2.62. The highest BCUT2D eigenvalue weighted by Crippen LogP contribution is 2.33. The summed E-state index contributed by atoms with van der Waals surface area (Å²) in [5.41, 5.74) is 0.313. The van der Waals surface area contributed by atoms with Crippen molar-refractivity contribution in [3.8, 4) is 6.07 Å². The summed E-state index contributed by atoms with van der Waals surface area (Å²) in [6.45, 7) is 5.73. The molecule has 1 amide bonds. The van der Waals surface area contributed by atoms with Crippen LogP contribution in [0.1, 0.15) is 26.3 Å². The van der Waals surface area contributed by atoms with E-state index in [2.05, 4.69) is 5.32 Å². The Balaban J connectivity index is 2.14. The van der Waals surface area contributed by atoms with Gasteiger partial charge in [-0.2, -0.15) is 5.26 Å². The van der Waals surface area contributed by atoms with Gasteiger partial charge in [-0.1, -0.05) is 6.92 Å². The molecule has 1 fully saturated rings. The molecule has 0 radical (unpaired) electrons. The van der Waals surface area contributed by atoms with E-state index in [0.29, 0.717) is 0 Å².